The maximum absolute atomic E-state index is 13.2. The van der Waals surface area contributed by atoms with Gasteiger partial charge in [0.25, 0.3) is 5.56 Å². The first kappa shape index (κ1) is 22.5. The number of hydrogen-bond acceptors (Lipinski definition) is 6. The third-order valence-electron chi connectivity index (χ3n) is 7.01. The largest absolute Gasteiger partial charge is 0.467 e. The SMILES string of the molecule is Cc1cccc2cc(CN(C3CCCC3)[C@H](c3nnnn3Cc3ccco3)C(C)C)c(=O)[nH]c12. The summed E-state index contributed by atoms with van der Waals surface area (Å²) in [6.07, 6.45) is 6.31. The lowest BCUT2D eigenvalue weighted by atomic mass is 9.97. The predicted octanol–water partition coefficient (Wildman–Crippen LogP) is 4.61. The van der Waals surface area contributed by atoms with E-state index >= 15 is 0 Å². The molecule has 178 valence electrons. The van der Waals surface area contributed by atoms with E-state index in [2.05, 4.69) is 45.3 Å². The molecule has 1 atom stereocenters. The number of tetrazole rings is 1. The summed E-state index contributed by atoms with van der Waals surface area (Å²) in [6, 6.07) is 12.3. The van der Waals surface area contributed by atoms with Crippen LogP contribution in [0.3, 0.4) is 0 Å². The Morgan fingerprint density at radius 1 is 1.21 bits per heavy atom. The summed E-state index contributed by atoms with van der Waals surface area (Å²) in [5, 5.41) is 13.8. The quantitative estimate of drug-likeness (QED) is 0.413. The van der Waals surface area contributed by atoms with E-state index in [1.165, 1.54) is 12.8 Å². The Labute approximate surface area is 199 Å². The highest BCUT2D eigenvalue weighted by Crippen LogP contribution is 2.36. The molecule has 1 aromatic carbocycles. The molecule has 1 aliphatic carbocycles. The van der Waals surface area contributed by atoms with E-state index in [-0.39, 0.29) is 17.5 Å². The van der Waals surface area contributed by atoms with E-state index in [9.17, 15) is 4.79 Å². The first-order valence-electron chi connectivity index (χ1n) is 12.2. The number of hydrogen-bond donors (Lipinski definition) is 1. The number of nitrogens with one attached hydrogen (secondary N) is 1. The molecule has 1 N–H and O–H groups in total. The molecule has 34 heavy (non-hydrogen) atoms. The van der Waals surface area contributed by atoms with Gasteiger partial charge in [0.2, 0.25) is 0 Å². The molecule has 1 fully saturated rings. The average Bonchev–Trinajstić information content (AvgIpc) is 3.58. The highest BCUT2D eigenvalue weighted by Gasteiger charge is 2.35. The van der Waals surface area contributed by atoms with Gasteiger partial charge < -0.3 is 9.40 Å². The highest BCUT2D eigenvalue weighted by molar-refractivity contribution is 5.81. The second-order valence-corrected chi connectivity index (χ2v) is 9.74. The van der Waals surface area contributed by atoms with Gasteiger partial charge in [0.05, 0.1) is 17.8 Å². The van der Waals surface area contributed by atoms with Crippen molar-refractivity contribution in [3.05, 3.63) is 75.7 Å². The Balaban J connectivity index is 1.54. The van der Waals surface area contributed by atoms with E-state index in [1.54, 1.807) is 6.26 Å². The van der Waals surface area contributed by atoms with E-state index in [1.807, 2.05) is 41.9 Å². The lowest BCUT2D eigenvalue weighted by Crippen LogP contribution is -2.41. The number of para-hydroxylation sites is 1. The molecule has 0 bridgehead atoms. The van der Waals surface area contributed by atoms with Crippen molar-refractivity contribution in [3.8, 4) is 0 Å². The van der Waals surface area contributed by atoms with Gasteiger partial charge in [-0.1, -0.05) is 44.9 Å². The third kappa shape index (κ3) is 4.42. The summed E-state index contributed by atoms with van der Waals surface area (Å²) >= 11 is 0. The number of aryl methyl sites for hydroxylation is 1. The lowest BCUT2D eigenvalue weighted by molar-refractivity contribution is 0.0842. The van der Waals surface area contributed by atoms with Crippen LogP contribution < -0.4 is 5.56 Å². The third-order valence-corrected chi connectivity index (χ3v) is 7.01. The van der Waals surface area contributed by atoms with Crippen LogP contribution in [0.2, 0.25) is 0 Å². The van der Waals surface area contributed by atoms with Crippen LogP contribution >= 0.6 is 0 Å². The number of aromatic amines is 1. The first-order chi connectivity index (χ1) is 16.5. The monoisotopic (exact) mass is 460 g/mol. The summed E-state index contributed by atoms with van der Waals surface area (Å²) in [6.45, 7) is 7.46. The van der Waals surface area contributed by atoms with Crippen molar-refractivity contribution in [1.82, 2.24) is 30.1 Å². The number of aromatic nitrogens is 5. The molecule has 4 aromatic rings. The zero-order chi connectivity index (χ0) is 23.7. The molecule has 1 saturated carbocycles. The predicted molar refractivity (Wildman–Crippen MR) is 130 cm³/mol. The van der Waals surface area contributed by atoms with E-state index < -0.39 is 0 Å². The van der Waals surface area contributed by atoms with Crippen LogP contribution in [0.15, 0.2) is 51.9 Å². The van der Waals surface area contributed by atoms with Crippen LogP contribution in [0.5, 0.6) is 0 Å². The van der Waals surface area contributed by atoms with Crippen LogP contribution in [0.1, 0.15) is 68.3 Å². The van der Waals surface area contributed by atoms with Gasteiger partial charge in [-0.3, -0.25) is 9.69 Å². The van der Waals surface area contributed by atoms with Gasteiger partial charge in [-0.05, 0) is 65.3 Å². The number of pyridine rings is 1. The molecule has 0 spiro atoms. The van der Waals surface area contributed by atoms with E-state index in [0.717, 1.165) is 46.5 Å². The van der Waals surface area contributed by atoms with Crippen molar-refractivity contribution in [2.75, 3.05) is 0 Å². The Morgan fingerprint density at radius 3 is 2.76 bits per heavy atom. The van der Waals surface area contributed by atoms with Crippen LogP contribution in [0.4, 0.5) is 0 Å². The van der Waals surface area contributed by atoms with Gasteiger partial charge in [-0.2, -0.15) is 0 Å². The number of nitrogens with zero attached hydrogens (tertiary/aromatic N) is 5. The fraction of sp³-hybridized carbons (Fsp3) is 0.462. The van der Waals surface area contributed by atoms with Crippen LogP contribution in [-0.4, -0.2) is 36.1 Å². The Hall–Kier alpha value is -3.26. The first-order valence-corrected chi connectivity index (χ1v) is 12.2. The fourth-order valence-corrected chi connectivity index (χ4v) is 5.35. The second-order valence-electron chi connectivity index (χ2n) is 9.74. The summed E-state index contributed by atoms with van der Waals surface area (Å²) in [4.78, 5) is 18.7. The molecule has 0 saturated heterocycles. The normalized spacial score (nSPS) is 15.7. The lowest BCUT2D eigenvalue weighted by Gasteiger charge is -2.37. The summed E-state index contributed by atoms with van der Waals surface area (Å²) < 4.78 is 7.38. The zero-order valence-corrected chi connectivity index (χ0v) is 20.1. The van der Waals surface area contributed by atoms with Gasteiger partial charge in [-0.15, -0.1) is 5.10 Å². The zero-order valence-electron chi connectivity index (χ0n) is 20.1. The maximum atomic E-state index is 13.2. The van der Waals surface area contributed by atoms with Gasteiger partial charge in [0, 0.05) is 18.2 Å². The van der Waals surface area contributed by atoms with Crippen molar-refractivity contribution in [2.45, 2.75) is 71.6 Å². The number of rotatable bonds is 8. The molecule has 3 aromatic heterocycles. The van der Waals surface area contributed by atoms with E-state index in [4.69, 9.17) is 4.42 Å². The molecule has 3 heterocycles. The minimum atomic E-state index is -0.0272. The fourth-order valence-electron chi connectivity index (χ4n) is 5.35. The topological polar surface area (TPSA) is 92.8 Å². The number of H-pyrrole nitrogens is 1. The van der Waals surface area contributed by atoms with Gasteiger partial charge in [0.1, 0.15) is 12.3 Å². The molecule has 8 nitrogen and oxygen atoms in total. The van der Waals surface area contributed by atoms with Crippen LogP contribution in [-0.2, 0) is 13.1 Å². The minimum absolute atomic E-state index is 0.0255. The molecule has 0 radical (unpaired) electrons. The van der Waals surface area contributed by atoms with Crippen molar-refractivity contribution in [1.29, 1.82) is 0 Å². The summed E-state index contributed by atoms with van der Waals surface area (Å²) in [7, 11) is 0. The number of fused-ring (bicyclic) bond motifs is 1. The average molecular weight is 461 g/mol. The van der Waals surface area contributed by atoms with Gasteiger partial charge >= 0.3 is 0 Å². The van der Waals surface area contributed by atoms with Crippen LogP contribution in [0, 0.1) is 12.8 Å². The minimum Gasteiger partial charge on any atom is -0.467 e. The molecular weight excluding hydrogens is 428 g/mol. The molecule has 1 aliphatic rings. The van der Waals surface area contributed by atoms with Gasteiger partial charge in [0.15, 0.2) is 5.82 Å². The maximum Gasteiger partial charge on any atom is 0.252 e. The molecular formula is C26H32N6O2. The van der Waals surface area contributed by atoms with Crippen molar-refractivity contribution in [2.24, 2.45) is 5.92 Å². The molecule has 0 amide bonds. The molecule has 0 aliphatic heterocycles. The molecule has 5 rings (SSSR count). The van der Waals surface area contributed by atoms with E-state index in [0.29, 0.717) is 19.1 Å². The number of furan rings is 1. The second kappa shape index (κ2) is 9.54. The number of benzene rings is 1. The smallest absolute Gasteiger partial charge is 0.252 e. The van der Waals surface area contributed by atoms with Crippen molar-refractivity contribution >= 4 is 10.9 Å². The van der Waals surface area contributed by atoms with Crippen LogP contribution in [0.25, 0.3) is 10.9 Å². The highest BCUT2D eigenvalue weighted by atomic mass is 16.3. The molecule has 8 heteroatoms. The summed E-state index contributed by atoms with van der Waals surface area (Å²) in [5.41, 5.74) is 2.74. The van der Waals surface area contributed by atoms with Crippen molar-refractivity contribution in [3.63, 3.8) is 0 Å². The Bertz CT molecular complexity index is 1300. The molecule has 0 unspecified atom stereocenters. The standard InChI is InChI=1S/C26H32N6O2/c1-17(2)24(25-28-29-30-32(25)16-22-12-7-13-34-22)31(21-10-4-5-11-21)15-20-14-19-9-6-8-18(3)23(19)27-26(20)33/h6-9,12-14,17,21,24H,4-5,10-11,15-16H2,1-3H3,(H,27,33)/t24-/m0/s1. The Kier molecular flexibility index (Phi) is 6.32. The Morgan fingerprint density at radius 2 is 2.03 bits per heavy atom. The van der Waals surface area contributed by atoms with Gasteiger partial charge in [-0.25, -0.2) is 4.68 Å². The summed E-state index contributed by atoms with van der Waals surface area (Å²) in [5.74, 6) is 1.87. The van der Waals surface area contributed by atoms with Crippen molar-refractivity contribution < 1.29 is 4.42 Å².